The van der Waals surface area contributed by atoms with E-state index in [2.05, 4.69) is 29.1 Å². The number of pyridine rings is 1. The summed E-state index contributed by atoms with van der Waals surface area (Å²) in [5.74, 6) is -0.384. The molecule has 0 fully saturated rings. The molecule has 1 atom stereocenters. The molecule has 28 heavy (non-hydrogen) atoms. The van der Waals surface area contributed by atoms with Crippen molar-refractivity contribution in [1.82, 2.24) is 15.3 Å². The predicted octanol–water partition coefficient (Wildman–Crippen LogP) is 3.30. The molecule has 0 radical (unpaired) electrons. The Morgan fingerprint density at radius 2 is 2.25 bits per heavy atom. The van der Waals surface area contributed by atoms with E-state index in [1.54, 1.807) is 25.4 Å². The maximum Gasteiger partial charge on any atom is 0.347 e. The number of Topliss-reactive ketones (excluding diaryl/α,β-unsaturated/α-hetero) is 1. The van der Waals surface area contributed by atoms with Crippen molar-refractivity contribution in [3.63, 3.8) is 0 Å². The van der Waals surface area contributed by atoms with Crippen molar-refractivity contribution in [3.8, 4) is 0 Å². The Labute approximate surface area is 163 Å². The molecule has 0 saturated carbocycles. The van der Waals surface area contributed by atoms with Crippen LogP contribution in [0.5, 0.6) is 0 Å². The number of aromatic nitrogens is 2. The molecule has 2 N–H and O–H groups in total. The molecule has 1 unspecified atom stereocenters. The molecule has 2 aromatic rings. The molecule has 3 rings (SSSR count). The van der Waals surface area contributed by atoms with E-state index in [4.69, 9.17) is 9.47 Å². The average Bonchev–Trinajstić information content (AvgIpc) is 3.23. The highest BCUT2D eigenvalue weighted by Gasteiger charge is 2.36. The molecule has 1 aliphatic rings. The number of fused-ring (bicyclic) bond motifs is 1. The standard InChI is InChI=1S/C21H25N3O4/c1-4-13(3)8-10-23-20-17(21(26)27-5-2)18(25)16(28-20)11-14-12-24-19-15(14)7-6-9-22-19/h6-7,9,11-13,23H,4-5,8,10H2,1-3H3,(H,22,24)/b16-11-. The van der Waals surface area contributed by atoms with E-state index in [0.717, 1.165) is 23.8 Å². The molecular weight excluding hydrogens is 358 g/mol. The molecule has 0 saturated heterocycles. The van der Waals surface area contributed by atoms with Crippen molar-refractivity contribution in [2.24, 2.45) is 5.92 Å². The molecular formula is C21H25N3O4. The van der Waals surface area contributed by atoms with Crippen molar-refractivity contribution in [2.75, 3.05) is 13.2 Å². The number of H-pyrrole nitrogens is 1. The number of ether oxygens (including phenoxy) is 2. The topological polar surface area (TPSA) is 93.3 Å². The molecule has 2 aromatic heterocycles. The molecule has 0 aliphatic carbocycles. The van der Waals surface area contributed by atoms with Gasteiger partial charge in [0.1, 0.15) is 5.65 Å². The van der Waals surface area contributed by atoms with Crippen LogP contribution in [0.2, 0.25) is 0 Å². The Hall–Kier alpha value is -3.09. The first-order chi connectivity index (χ1) is 13.5. The van der Waals surface area contributed by atoms with Crippen LogP contribution < -0.4 is 5.32 Å². The second-order valence-electron chi connectivity index (χ2n) is 6.74. The van der Waals surface area contributed by atoms with Gasteiger partial charge in [0.25, 0.3) is 0 Å². The largest absolute Gasteiger partial charge is 0.462 e. The predicted molar refractivity (Wildman–Crippen MR) is 106 cm³/mol. The van der Waals surface area contributed by atoms with Gasteiger partial charge in [-0.3, -0.25) is 4.79 Å². The Morgan fingerprint density at radius 3 is 3.00 bits per heavy atom. The van der Waals surface area contributed by atoms with E-state index < -0.39 is 11.8 Å². The number of carbonyl (C=O) groups is 2. The summed E-state index contributed by atoms with van der Waals surface area (Å²) >= 11 is 0. The molecule has 0 aromatic carbocycles. The third-order valence-corrected chi connectivity index (χ3v) is 4.76. The minimum atomic E-state index is -0.678. The molecule has 0 amide bonds. The molecule has 0 spiro atoms. The highest BCUT2D eigenvalue weighted by molar-refractivity contribution is 6.26. The van der Waals surface area contributed by atoms with E-state index in [1.165, 1.54) is 0 Å². The Morgan fingerprint density at radius 1 is 1.43 bits per heavy atom. The number of carbonyl (C=O) groups excluding carboxylic acids is 2. The fraction of sp³-hybridized carbons (Fsp3) is 0.381. The lowest BCUT2D eigenvalue weighted by Gasteiger charge is -2.11. The van der Waals surface area contributed by atoms with Crippen LogP contribution in [-0.2, 0) is 19.1 Å². The SMILES string of the molecule is CCOC(=O)C1=C(NCCC(C)CC)O/C(=C\c2c[nH]c3ncccc23)C1=O. The van der Waals surface area contributed by atoms with Crippen LogP contribution >= 0.6 is 0 Å². The lowest BCUT2D eigenvalue weighted by molar-refractivity contribution is -0.139. The van der Waals surface area contributed by atoms with Gasteiger partial charge in [0.05, 0.1) is 6.61 Å². The normalized spacial score (nSPS) is 16.5. The fourth-order valence-electron chi connectivity index (χ4n) is 2.92. The zero-order valence-electron chi connectivity index (χ0n) is 16.4. The van der Waals surface area contributed by atoms with Crippen molar-refractivity contribution >= 4 is 28.9 Å². The van der Waals surface area contributed by atoms with Crippen molar-refractivity contribution in [2.45, 2.75) is 33.6 Å². The summed E-state index contributed by atoms with van der Waals surface area (Å²) in [7, 11) is 0. The van der Waals surface area contributed by atoms with Crippen molar-refractivity contribution in [1.29, 1.82) is 0 Å². The molecule has 7 nitrogen and oxygen atoms in total. The Kier molecular flexibility index (Phi) is 6.13. The minimum absolute atomic E-state index is 0.0823. The van der Waals surface area contributed by atoms with Crippen molar-refractivity contribution < 1.29 is 19.1 Å². The highest BCUT2D eigenvalue weighted by atomic mass is 16.5. The van der Waals surface area contributed by atoms with Gasteiger partial charge in [-0.1, -0.05) is 20.3 Å². The zero-order valence-corrected chi connectivity index (χ0v) is 16.4. The summed E-state index contributed by atoms with van der Waals surface area (Å²) < 4.78 is 10.8. The first kappa shape index (κ1) is 19.7. The number of allylic oxidation sites excluding steroid dienone is 1. The van der Waals surface area contributed by atoms with Gasteiger partial charge in [-0.15, -0.1) is 0 Å². The van der Waals surface area contributed by atoms with Gasteiger partial charge in [-0.25, -0.2) is 9.78 Å². The average molecular weight is 383 g/mol. The van der Waals surface area contributed by atoms with Crippen LogP contribution in [0.1, 0.15) is 39.2 Å². The van der Waals surface area contributed by atoms with Crippen LogP contribution in [0.15, 0.2) is 41.7 Å². The third-order valence-electron chi connectivity index (χ3n) is 4.76. The summed E-state index contributed by atoms with van der Waals surface area (Å²) in [5, 5.41) is 3.95. The highest BCUT2D eigenvalue weighted by Crippen LogP contribution is 2.28. The molecule has 148 valence electrons. The lowest BCUT2D eigenvalue weighted by atomic mass is 10.1. The Bertz CT molecular complexity index is 942. The second kappa shape index (κ2) is 8.73. The van der Waals surface area contributed by atoms with E-state index in [9.17, 15) is 9.59 Å². The van der Waals surface area contributed by atoms with Crippen LogP contribution in [0.25, 0.3) is 17.1 Å². The van der Waals surface area contributed by atoms with Gasteiger partial charge < -0.3 is 19.8 Å². The van der Waals surface area contributed by atoms with Crippen LogP contribution in [-0.4, -0.2) is 34.9 Å². The number of ketones is 1. The fourth-order valence-corrected chi connectivity index (χ4v) is 2.92. The van der Waals surface area contributed by atoms with Crippen LogP contribution in [0.4, 0.5) is 0 Å². The summed E-state index contributed by atoms with van der Waals surface area (Å²) in [6.07, 6.45) is 7.02. The first-order valence-electron chi connectivity index (χ1n) is 9.56. The number of nitrogens with zero attached hydrogens (tertiary/aromatic N) is 1. The number of hydrogen-bond acceptors (Lipinski definition) is 6. The molecule has 7 heteroatoms. The quantitative estimate of drug-likeness (QED) is 0.413. The maximum absolute atomic E-state index is 12.8. The summed E-state index contributed by atoms with van der Waals surface area (Å²) in [5.41, 5.74) is 1.39. The smallest absolute Gasteiger partial charge is 0.347 e. The number of nitrogens with one attached hydrogen (secondary N) is 2. The van der Waals surface area contributed by atoms with E-state index in [1.807, 2.05) is 12.1 Å². The number of rotatable bonds is 8. The summed E-state index contributed by atoms with van der Waals surface area (Å²) in [4.78, 5) is 32.4. The van der Waals surface area contributed by atoms with Crippen LogP contribution in [0, 0.1) is 5.92 Å². The second-order valence-corrected chi connectivity index (χ2v) is 6.74. The number of hydrogen-bond donors (Lipinski definition) is 2. The first-order valence-corrected chi connectivity index (χ1v) is 9.56. The van der Waals surface area contributed by atoms with Gasteiger partial charge >= 0.3 is 5.97 Å². The molecule has 3 heterocycles. The zero-order chi connectivity index (χ0) is 20.1. The number of esters is 1. The Balaban J connectivity index is 1.86. The van der Waals surface area contributed by atoms with Gasteiger partial charge in [0.15, 0.2) is 11.3 Å². The summed E-state index contributed by atoms with van der Waals surface area (Å²) in [6, 6.07) is 3.72. The van der Waals surface area contributed by atoms with Gasteiger partial charge in [-0.05, 0) is 37.5 Å². The lowest BCUT2D eigenvalue weighted by Crippen LogP contribution is -2.21. The monoisotopic (exact) mass is 383 g/mol. The van der Waals surface area contributed by atoms with Gasteiger partial charge in [0.2, 0.25) is 11.7 Å². The van der Waals surface area contributed by atoms with E-state index >= 15 is 0 Å². The van der Waals surface area contributed by atoms with E-state index in [0.29, 0.717) is 18.1 Å². The third kappa shape index (κ3) is 4.08. The maximum atomic E-state index is 12.8. The van der Waals surface area contributed by atoms with Gasteiger partial charge in [-0.2, -0.15) is 0 Å². The van der Waals surface area contributed by atoms with E-state index in [-0.39, 0.29) is 23.8 Å². The molecule has 1 aliphatic heterocycles. The van der Waals surface area contributed by atoms with Crippen LogP contribution in [0.3, 0.4) is 0 Å². The molecule has 0 bridgehead atoms. The summed E-state index contributed by atoms with van der Waals surface area (Å²) in [6.45, 7) is 6.76. The number of aromatic amines is 1. The van der Waals surface area contributed by atoms with Gasteiger partial charge in [0, 0.05) is 29.9 Å². The minimum Gasteiger partial charge on any atom is -0.462 e. The van der Waals surface area contributed by atoms with Crippen molar-refractivity contribution in [3.05, 3.63) is 47.3 Å².